The number of hydrogen-bond donors (Lipinski definition) is 1. The first-order chi connectivity index (χ1) is 8.77. The summed E-state index contributed by atoms with van der Waals surface area (Å²) in [6, 6.07) is 0. The Labute approximate surface area is 113 Å². The number of rotatable bonds is 6. The molecule has 0 bridgehead atoms. The van der Waals surface area contributed by atoms with Gasteiger partial charge in [-0.15, -0.1) is 0 Å². The van der Waals surface area contributed by atoms with Crippen molar-refractivity contribution in [3.63, 3.8) is 0 Å². The Bertz CT molecular complexity index is 503. The molecule has 0 aromatic carbocycles. The van der Waals surface area contributed by atoms with Crippen LogP contribution < -0.4 is 0 Å². The molecule has 0 aromatic heterocycles. The van der Waals surface area contributed by atoms with Crippen LogP contribution in [0.25, 0.3) is 0 Å². The summed E-state index contributed by atoms with van der Waals surface area (Å²) in [5.41, 5.74) is 0.595. The molecule has 1 rings (SSSR count). The van der Waals surface area contributed by atoms with E-state index < -0.39 is 26.5 Å². The fourth-order valence-electron chi connectivity index (χ4n) is 2.02. The van der Waals surface area contributed by atoms with Crippen LogP contribution >= 0.6 is 0 Å². The van der Waals surface area contributed by atoms with Crippen molar-refractivity contribution in [2.75, 3.05) is 19.5 Å². The number of carboxylic acid groups (broad SMARTS) is 1. The van der Waals surface area contributed by atoms with Gasteiger partial charge in [-0.05, 0) is 18.9 Å². The molecule has 0 aromatic rings. The van der Waals surface area contributed by atoms with Crippen LogP contribution in [0.2, 0.25) is 0 Å². The van der Waals surface area contributed by atoms with Crippen molar-refractivity contribution in [1.29, 1.82) is 0 Å². The summed E-state index contributed by atoms with van der Waals surface area (Å²) in [5, 5.41) is 9.12. The van der Waals surface area contributed by atoms with Crippen molar-refractivity contribution in [3.8, 4) is 0 Å². The molecule has 108 valence electrons. The van der Waals surface area contributed by atoms with E-state index in [2.05, 4.69) is 0 Å². The standard InChI is InChI=1S/C13H20O5S/c1-4-19(16,17)13(2)7-5-10(6-8-13)11(9-18-3)12(14)15/h5-7,11H,4,8-9H2,1-3H3,(H,14,15). The van der Waals surface area contributed by atoms with Crippen molar-refractivity contribution >= 4 is 15.8 Å². The molecule has 0 spiro atoms. The van der Waals surface area contributed by atoms with Crippen LogP contribution in [0.3, 0.4) is 0 Å². The second-order valence-corrected chi connectivity index (χ2v) is 7.54. The molecule has 0 radical (unpaired) electrons. The van der Waals surface area contributed by atoms with Gasteiger partial charge in [-0.1, -0.05) is 25.2 Å². The minimum atomic E-state index is -3.21. The highest BCUT2D eigenvalue weighted by Crippen LogP contribution is 2.31. The number of carbonyl (C=O) groups is 1. The van der Waals surface area contributed by atoms with E-state index in [-0.39, 0.29) is 12.4 Å². The highest BCUT2D eigenvalue weighted by molar-refractivity contribution is 7.92. The van der Waals surface area contributed by atoms with E-state index in [1.165, 1.54) is 7.11 Å². The van der Waals surface area contributed by atoms with Crippen LogP contribution in [0.4, 0.5) is 0 Å². The van der Waals surface area contributed by atoms with E-state index in [1.807, 2.05) is 0 Å². The maximum absolute atomic E-state index is 12.0. The zero-order chi connectivity index (χ0) is 14.7. The van der Waals surface area contributed by atoms with E-state index in [0.29, 0.717) is 12.0 Å². The summed E-state index contributed by atoms with van der Waals surface area (Å²) in [4.78, 5) is 11.1. The Hall–Kier alpha value is -1.14. The van der Waals surface area contributed by atoms with Crippen LogP contribution in [0.15, 0.2) is 23.8 Å². The highest BCUT2D eigenvalue weighted by Gasteiger charge is 2.37. The molecule has 19 heavy (non-hydrogen) atoms. The molecule has 0 heterocycles. The van der Waals surface area contributed by atoms with Crippen LogP contribution in [-0.2, 0) is 19.4 Å². The van der Waals surface area contributed by atoms with Gasteiger partial charge in [-0.25, -0.2) is 8.42 Å². The van der Waals surface area contributed by atoms with Gasteiger partial charge in [0.25, 0.3) is 0 Å². The van der Waals surface area contributed by atoms with Crippen molar-refractivity contribution < 1.29 is 23.1 Å². The van der Waals surface area contributed by atoms with E-state index >= 15 is 0 Å². The summed E-state index contributed by atoms with van der Waals surface area (Å²) in [7, 11) is -1.77. The second kappa shape index (κ2) is 5.88. The van der Waals surface area contributed by atoms with E-state index in [1.54, 1.807) is 32.1 Å². The molecule has 1 aliphatic rings. The lowest BCUT2D eigenvalue weighted by molar-refractivity contribution is -0.141. The number of aliphatic carboxylic acids is 1. The lowest BCUT2D eigenvalue weighted by atomic mass is 9.90. The molecule has 5 nitrogen and oxygen atoms in total. The molecule has 1 N–H and O–H groups in total. The molecule has 0 saturated heterocycles. The maximum atomic E-state index is 12.0. The second-order valence-electron chi connectivity index (χ2n) is 4.80. The van der Waals surface area contributed by atoms with E-state index in [4.69, 9.17) is 9.84 Å². The maximum Gasteiger partial charge on any atom is 0.313 e. The SMILES string of the molecule is CCS(=O)(=O)C1(C)C=CC(C(COC)C(=O)O)=CC1. The Kier molecular flexibility index (Phi) is 4.92. The van der Waals surface area contributed by atoms with Crippen molar-refractivity contribution in [2.24, 2.45) is 5.92 Å². The Balaban J connectivity index is 2.96. The first-order valence-corrected chi connectivity index (χ1v) is 7.76. The zero-order valence-corrected chi connectivity index (χ0v) is 12.2. The quantitative estimate of drug-likeness (QED) is 0.799. The predicted octanol–water partition coefficient (Wildman–Crippen LogP) is 1.41. The van der Waals surface area contributed by atoms with Gasteiger partial charge in [0.1, 0.15) is 5.92 Å². The monoisotopic (exact) mass is 288 g/mol. The number of sulfone groups is 1. The van der Waals surface area contributed by atoms with E-state index in [9.17, 15) is 13.2 Å². The van der Waals surface area contributed by atoms with Gasteiger partial charge in [-0.3, -0.25) is 4.79 Å². The average Bonchev–Trinajstić information content (AvgIpc) is 2.37. The highest BCUT2D eigenvalue weighted by atomic mass is 32.2. The largest absolute Gasteiger partial charge is 0.481 e. The normalized spacial score (nSPS) is 24.9. The van der Waals surface area contributed by atoms with Gasteiger partial charge in [0.2, 0.25) is 0 Å². The van der Waals surface area contributed by atoms with Crippen LogP contribution in [-0.4, -0.2) is 43.7 Å². The van der Waals surface area contributed by atoms with Crippen LogP contribution in [0, 0.1) is 5.92 Å². The van der Waals surface area contributed by atoms with Gasteiger partial charge in [-0.2, -0.15) is 0 Å². The third-order valence-corrected chi connectivity index (χ3v) is 5.98. The average molecular weight is 288 g/mol. The lowest BCUT2D eigenvalue weighted by Gasteiger charge is -2.28. The number of carboxylic acids is 1. The number of methoxy groups -OCH3 is 1. The fraction of sp³-hybridized carbons (Fsp3) is 0.615. The van der Waals surface area contributed by atoms with Gasteiger partial charge < -0.3 is 9.84 Å². The summed E-state index contributed by atoms with van der Waals surface area (Å²) >= 11 is 0. The number of hydrogen-bond acceptors (Lipinski definition) is 4. The number of allylic oxidation sites excluding steroid dienone is 2. The Morgan fingerprint density at radius 3 is 2.58 bits per heavy atom. The number of ether oxygens (including phenoxy) is 1. The summed E-state index contributed by atoms with van der Waals surface area (Å²) in [5.74, 6) is -1.66. The third-order valence-electron chi connectivity index (χ3n) is 3.50. The van der Waals surface area contributed by atoms with E-state index in [0.717, 1.165) is 0 Å². The van der Waals surface area contributed by atoms with Gasteiger partial charge in [0, 0.05) is 12.9 Å². The zero-order valence-electron chi connectivity index (χ0n) is 11.4. The van der Waals surface area contributed by atoms with Crippen LogP contribution in [0.1, 0.15) is 20.3 Å². The van der Waals surface area contributed by atoms with Crippen molar-refractivity contribution in [2.45, 2.75) is 25.0 Å². The molecule has 0 fully saturated rings. The first-order valence-electron chi connectivity index (χ1n) is 6.10. The lowest BCUT2D eigenvalue weighted by Crippen LogP contribution is -2.36. The summed E-state index contributed by atoms with van der Waals surface area (Å²) in [6.07, 6.45) is 5.16. The summed E-state index contributed by atoms with van der Waals surface area (Å²) < 4.78 is 27.9. The Morgan fingerprint density at radius 1 is 1.58 bits per heavy atom. The third kappa shape index (κ3) is 3.25. The molecule has 0 saturated carbocycles. The van der Waals surface area contributed by atoms with Crippen LogP contribution in [0.5, 0.6) is 0 Å². The molecule has 2 atom stereocenters. The minimum absolute atomic E-state index is 0.0669. The first kappa shape index (κ1) is 15.9. The van der Waals surface area contributed by atoms with Gasteiger partial charge in [0.15, 0.2) is 9.84 Å². The molecule has 6 heteroatoms. The topological polar surface area (TPSA) is 80.7 Å². The van der Waals surface area contributed by atoms with Gasteiger partial charge >= 0.3 is 5.97 Å². The predicted molar refractivity (Wildman–Crippen MR) is 72.7 cm³/mol. The van der Waals surface area contributed by atoms with Crippen molar-refractivity contribution in [3.05, 3.63) is 23.8 Å². The molecular formula is C13H20O5S. The van der Waals surface area contributed by atoms with Crippen molar-refractivity contribution in [1.82, 2.24) is 0 Å². The smallest absolute Gasteiger partial charge is 0.313 e. The minimum Gasteiger partial charge on any atom is -0.481 e. The molecular weight excluding hydrogens is 268 g/mol. The summed E-state index contributed by atoms with van der Waals surface area (Å²) in [6.45, 7) is 3.34. The molecule has 0 amide bonds. The molecule has 2 unspecified atom stereocenters. The molecule has 0 aliphatic heterocycles. The Morgan fingerprint density at radius 2 is 2.21 bits per heavy atom. The fourth-order valence-corrected chi connectivity index (χ4v) is 3.30. The molecule has 1 aliphatic carbocycles. The van der Waals surface area contributed by atoms with Gasteiger partial charge in [0.05, 0.1) is 11.4 Å².